The van der Waals surface area contributed by atoms with Crippen LogP contribution in [0.2, 0.25) is 0 Å². The summed E-state index contributed by atoms with van der Waals surface area (Å²) in [6, 6.07) is 1.38. The summed E-state index contributed by atoms with van der Waals surface area (Å²) in [5, 5.41) is 14.8. The van der Waals surface area contributed by atoms with E-state index in [2.05, 4.69) is 20.6 Å². The van der Waals surface area contributed by atoms with E-state index in [4.69, 9.17) is 0 Å². The minimum atomic E-state index is -4.61. The van der Waals surface area contributed by atoms with E-state index in [9.17, 15) is 18.3 Å². The second-order valence-electron chi connectivity index (χ2n) is 3.93. The van der Waals surface area contributed by atoms with Crippen molar-refractivity contribution >= 4 is 11.6 Å². The number of rotatable bonds is 6. The number of hydrogen-bond donors (Lipinski definition) is 3. The summed E-state index contributed by atoms with van der Waals surface area (Å²) in [5.74, 6) is -1.08. The van der Waals surface area contributed by atoms with Gasteiger partial charge in [-0.25, -0.2) is 9.97 Å². The molecule has 0 aliphatic rings. The monoisotopic (exact) mass is 278 g/mol. The number of aliphatic hydroxyl groups is 1. The van der Waals surface area contributed by atoms with Crippen molar-refractivity contribution in [2.45, 2.75) is 32.5 Å². The largest absolute Gasteiger partial charge is 0.451 e. The van der Waals surface area contributed by atoms with Gasteiger partial charge in [0.1, 0.15) is 11.6 Å². The number of halogens is 3. The summed E-state index contributed by atoms with van der Waals surface area (Å²) in [6.07, 6.45) is -4.73. The van der Waals surface area contributed by atoms with Crippen molar-refractivity contribution in [1.29, 1.82) is 0 Å². The van der Waals surface area contributed by atoms with Gasteiger partial charge in [-0.15, -0.1) is 0 Å². The van der Waals surface area contributed by atoms with Gasteiger partial charge in [-0.05, 0) is 13.3 Å². The van der Waals surface area contributed by atoms with Gasteiger partial charge in [-0.2, -0.15) is 13.2 Å². The van der Waals surface area contributed by atoms with Crippen LogP contribution < -0.4 is 10.6 Å². The summed E-state index contributed by atoms with van der Waals surface area (Å²) in [6.45, 7) is 4.11. The van der Waals surface area contributed by atoms with Crippen LogP contribution in [0.25, 0.3) is 0 Å². The minimum absolute atomic E-state index is 0.0331. The number of anilines is 2. The molecule has 0 aliphatic carbocycles. The molecule has 3 N–H and O–H groups in total. The van der Waals surface area contributed by atoms with E-state index in [0.29, 0.717) is 13.0 Å². The smallest absolute Gasteiger partial charge is 0.391 e. The predicted molar refractivity (Wildman–Crippen MR) is 66.0 cm³/mol. The molecule has 1 heterocycles. The number of nitrogens with one attached hydrogen (secondary N) is 2. The van der Waals surface area contributed by atoms with E-state index in [1.165, 1.54) is 6.07 Å². The van der Waals surface area contributed by atoms with Crippen LogP contribution in [-0.4, -0.2) is 34.3 Å². The Labute approximate surface area is 109 Å². The van der Waals surface area contributed by atoms with E-state index < -0.39 is 18.1 Å². The fourth-order valence-corrected chi connectivity index (χ4v) is 1.30. The fourth-order valence-electron chi connectivity index (χ4n) is 1.30. The van der Waals surface area contributed by atoms with Gasteiger partial charge in [0, 0.05) is 19.2 Å². The highest BCUT2D eigenvalue weighted by Crippen LogP contribution is 2.28. The lowest BCUT2D eigenvalue weighted by Gasteiger charge is -2.13. The Balaban J connectivity index is 2.93. The molecule has 0 saturated carbocycles. The number of aliphatic hydroxyl groups excluding tert-OH is 1. The lowest BCUT2D eigenvalue weighted by molar-refractivity contribution is -0.144. The molecule has 1 aromatic heterocycles. The van der Waals surface area contributed by atoms with E-state index in [-0.39, 0.29) is 18.2 Å². The first-order chi connectivity index (χ1) is 8.86. The molecule has 0 amide bonds. The van der Waals surface area contributed by atoms with E-state index in [0.717, 1.165) is 0 Å². The van der Waals surface area contributed by atoms with Crippen molar-refractivity contribution in [3.63, 3.8) is 0 Å². The molecule has 1 aromatic rings. The van der Waals surface area contributed by atoms with Gasteiger partial charge in [0.2, 0.25) is 5.82 Å². The molecule has 0 aromatic carbocycles. The Morgan fingerprint density at radius 2 is 1.79 bits per heavy atom. The zero-order valence-electron chi connectivity index (χ0n) is 10.8. The predicted octanol–water partition coefficient (Wildman–Crippen LogP) is 2.11. The third-order valence-electron chi connectivity index (χ3n) is 2.33. The molecule has 108 valence electrons. The maximum atomic E-state index is 12.6. The first kappa shape index (κ1) is 15.5. The summed E-state index contributed by atoms with van der Waals surface area (Å²) in [7, 11) is 0. The molecule has 0 radical (unpaired) electrons. The van der Waals surface area contributed by atoms with Crippen molar-refractivity contribution < 1.29 is 18.3 Å². The first-order valence-corrected chi connectivity index (χ1v) is 5.98. The van der Waals surface area contributed by atoms with Gasteiger partial charge >= 0.3 is 6.18 Å². The maximum absolute atomic E-state index is 12.6. The van der Waals surface area contributed by atoms with E-state index in [1.54, 1.807) is 13.8 Å². The highest BCUT2D eigenvalue weighted by Gasteiger charge is 2.35. The van der Waals surface area contributed by atoms with Crippen LogP contribution in [0.4, 0.5) is 24.8 Å². The molecular weight excluding hydrogens is 261 g/mol. The Morgan fingerprint density at radius 1 is 1.21 bits per heavy atom. The summed E-state index contributed by atoms with van der Waals surface area (Å²) < 4.78 is 37.9. The van der Waals surface area contributed by atoms with Crippen molar-refractivity contribution in [2.75, 3.05) is 23.7 Å². The standard InChI is InChI=1S/C11H17F3N4O/c1-3-7(19)6-16-9-5-8(15-4-2)17-10(18-9)11(12,13)14/h5,7,19H,3-4,6H2,1-2H3,(H2,15,16,17,18). The third kappa shape index (κ3) is 4.90. The lowest BCUT2D eigenvalue weighted by atomic mass is 10.3. The molecular formula is C11H17F3N4O. The molecule has 1 rings (SSSR count). The number of aromatic nitrogens is 2. The van der Waals surface area contributed by atoms with E-state index in [1.807, 2.05) is 0 Å². The van der Waals surface area contributed by atoms with Crippen molar-refractivity contribution in [3.8, 4) is 0 Å². The van der Waals surface area contributed by atoms with Crippen molar-refractivity contribution in [3.05, 3.63) is 11.9 Å². The maximum Gasteiger partial charge on any atom is 0.451 e. The molecule has 0 spiro atoms. The zero-order chi connectivity index (χ0) is 14.5. The first-order valence-electron chi connectivity index (χ1n) is 5.98. The van der Waals surface area contributed by atoms with Crippen LogP contribution in [-0.2, 0) is 6.18 Å². The van der Waals surface area contributed by atoms with Crippen LogP contribution in [0.3, 0.4) is 0 Å². The second-order valence-corrected chi connectivity index (χ2v) is 3.93. The number of alkyl halides is 3. The Morgan fingerprint density at radius 3 is 2.26 bits per heavy atom. The summed E-state index contributed by atoms with van der Waals surface area (Å²) in [4.78, 5) is 6.79. The fraction of sp³-hybridized carbons (Fsp3) is 0.636. The molecule has 5 nitrogen and oxygen atoms in total. The van der Waals surface area contributed by atoms with E-state index >= 15 is 0 Å². The van der Waals surface area contributed by atoms with Gasteiger partial charge in [0.05, 0.1) is 6.10 Å². The average Bonchev–Trinajstić information content (AvgIpc) is 2.35. The molecule has 0 fully saturated rings. The van der Waals surface area contributed by atoms with Gasteiger partial charge in [-0.1, -0.05) is 6.92 Å². The van der Waals surface area contributed by atoms with Crippen LogP contribution in [0.15, 0.2) is 6.07 Å². The van der Waals surface area contributed by atoms with Crippen LogP contribution in [0.1, 0.15) is 26.1 Å². The second kappa shape index (κ2) is 6.55. The Hall–Kier alpha value is -1.57. The summed E-state index contributed by atoms with van der Waals surface area (Å²) >= 11 is 0. The highest BCUT2D eigenvalue weighted by atomic mass is 19.4. The third-order valence-corrected chi connectivity index (χ3v) is 2.33. The molecule has 0 aliphatic heterocycles. The quantitative estimate of drug-likeness (QED) is 0.743. The van der Waals surface area contributed by atoms with Crippen LogP contribution >= 0.6 is 0 Å². The summed E-state index contributed by atoms with van der Waals surface area (Å²) in [5.41, 5.74) is 0. The molecule has 8 heteroatoms. The Bertz CT molecular complexity index is 411. The number of nitrogens with zero attached hydrogens (tertiary/aromatic N) is 2. The minimum Gasteiger partial charge on any atom is -0.391 e. The zero-order valence-corrected chi connectivity index (χ0v) is 10.8. The Kier molecular flexibility index (Phi) is 5.34. The van der Waals surface area contributed by atoms with Gasteiger partial charge in [0.25, 0.3) is 0 Å². The van der Waals surface area contributed by atoms with Crippen molar-refractivity contribution in [1.82, 2.24) is 9.97 Å². The number of hydrogen-bond acceptors (Lipinski definition) is 5. The van der Waals surface area contributed by atoms with Crippen LogP contribution in [0.5, 0.6) is 0 Å². The molecule has 1 unspecified atom stereocenters. The van der Waals surface area contributed by atoms with Crippen LogP contribution in [0, 0.1) is 0 Å². The molecule has 0 bridgehead atoms. The molecule has 0 saturated heterocycles. The van der Waals surface area contributed by atoms with Gasteiger partial charge in [0.15, 0.2) is 0 Å². The lowest BCUT2D eigenvalue weighted by Crippen LogP contribution is -2.21. The normalized spacial score (nSPS) is 13.2. The molecule has 1 atom stereocenters. The highest BCUT2D eigenvalue weighted by molar-refractivity contribution is 5.47. The SMILES string of the molecule is CCNc1cc(NCC(O)CC)nc(C(F)(F)F)n1. The van der Waals surface area contributed by atoms with Gasteiger partial charge < -0.3 is 15.7 Å². The topological polar surface area (TPSA) is 70.1 Å². The van der Waals surface area contributed by atoms with Crippen molar-refractivity contribution in [2.24, 2.45) is 0 Å². The molecule has 19 heavy (non-hydrogen) atoms. The average molecular weight is 278 g/mol. The van der Waals surface area contributed by atoms with Gasteiger partial charge in [-0.3, -0.25) is 0 Å².